The van der Waals surface area contributed by atoms with Gasteiger partial charge in [-0.25, -0.2) is 0 Å². The van der Waals surface area contributed by atoms with Crippen molar-refractivity contribution in [3.8, 4) is 0 Å². The highest BCUT2D eigenvalue weighted by Crippen LogP contribution is 2.17. The van der Waals surface area contributed by atoms with Crippen LogP contribution in [0, 0.1) is 12.3 Å². The predicted molar refractivity (Wildman–Crippen MR) is 70.5 cm³/mol. The van der Waals surface area contributed by atoms with Crippen LogP contribution in [0.15, 0.2) is 16.7 Å². The summed E-state index contributed by atoms with van der Waals surface area (Å²) in [6.07, 6.45) is 1.53. The van der Waals surface area contributed by atoms with Gasteiger partial charge >= 0.3 is 0 Å². The summed E-state index contributed by atoms with van der Waals surface area (Å²) in [7, 11) is 1.77. The van der Waals surface area contributed by atoms with Crippen LogP contribution in [-0.4, -0.2) is 30.9 Å². The Labute approximate surface area is 109 Å². The summed E-state index contributed by atoms with van der Waals surface area (Å²) < 4.78 is 5.17. The van der Waals surface area contributed by atoms with E-state index in [4.69, 9.17) is 10.2 Å². The van der Waals surface area contributed by atoms with Crippen LogP contribution in [0.1, 0.15) is 30.0 Å². The van der Waals surface area contributed by atoms with Crippen molar-refractivity contribution < 1.29 is 9.21 Å². The molecule has 0 aliphatic carbocycles. The number of amides is 1. The van der Waals surface area contributed by atoms with Gasteiger partial charge in [-0.05, 0) is 24.9 Å². The molecule has 0 atom stereocenters. The van der Waals surface area contributed by atoms with Crippen molar-refractivity contribution >= 4 is 18.3 Å². The Morgan fingerprint density at radius 2 is 2.12 bits per heavy atom. The van der Waals surface area contributed by atoms with Gasteiger partial charge in [-0.1, -0.05) is 13.8 Å². The number of hydrogen-bond acceptors (Lipinski definition) is 3. The van der Waals surface area contributed by atoms with Gasteiger partial charge in [-0.2, -0.15) is 0 Å². The number of halogens is 1. The van der Waals surface area contributed by atoms with Gasteiger partial charge in [-0.15, -0.1) is 12.4 Å². The van der Waals surface area contributed by atoms with Gasteiger partial charge in [0.2, 0.25) is 0 Å². The molecule has 0 radical (unpaired) electrons. The summed E-state index contributed by atoms with van der Waals surface area (Å²) in [6, 6.07) is 1.79. The van der Waals surface area contributed by atoms with Crippen molar-refractivity contribution in [1.29, 1.82) is 0 Å². The largest absolute Gasteiger partial charge is 0.459 e. The first kappa shape index (κ1) is 16.0. The molecule has 98 valence electrons. The highest BCUT2D eigenvalue weighted by molar-refractivity contribution is 5.92. The second-order valence-corrected chi connectivity index (χ2v) is 4.96. The molecule has 1 rings (SSSR count). The van der Waals surface area contributed by atoms with E-state index in [1.54, 1.807) is 18.0 Å². The lowest BCUT2D eigenvalue weighted by Crippen LogP contribution is -2.39. The van der Waals surface area contributed by atoms with Crippen LogP contribution in [0.3, 0.4) is 0 Å². The number of nitrogens with zero attached hydrogens (tertiary/aromatic N) is 1. The minimum Gasteiger partial charge on any atom is -0.459 e. The molecule has 0 fully saturated rings. The quantitative estimate of drug-likeness (QED) is 0.902. The van der Waals surface area contributed by atoms with Gasteiger partial charge < -0.3 is 15.1 Å². The molecule has 0 spiro atoms. The van der Waals surface area contributed by atoms with Crippen LogP contribution >= 0.6 is 12.4 Å². The van der Waals surface area contributed by atoms with E-state index < -0.39 is 0 Å². The van der Waals surface area contributed by atoms with E-state index in [1.165, 1.54) is 6.26 Å². The fourth-order valence-electron chi connectivity index (χ4n) is 1.54. The summed E-state index contributed by atoms with van der Waals surface area (Å²) >= 11 is 0. The zero-order chi connectivity index (χ0) is 12.3. The molecular weight excluding hydrogens is 240 g/mol. The average molecular weight is 261 g/mol. The summed E-state index contributed by atoms with van der Waals surface area (Å²) in [6.45, 7) is 7.08. The Kier molecular flexibility index (Phi) is 5.72. The third-order valence-electron chi connectivity index (χ3n) is 2.62. The van der Waals surface area contributed by atoms with Gasteiger partial charge in [0.1, 0.15) is 0 Å². The maximum absolute atomic E-state index is 12.0. The molecule has 1 aromatic heterocycles. The minimum absolute atomic E-state index is 0. The van der Waals surface area contributed by atoms with E-state index in [2.05, 4.69) is 0 Å². The van der Waals surface area contributed by atoms with Gasteiger partial charge in [0.15, 0.2) is 5.76 Å². The molecule has 1 amide bonds. The van der Waals surface area contributed by atoms with E-state index in [0.29, 0.717) is 18.8 Å². The molecule has 0 saturated heterocycles. The lowest BCUT2D eigenvalue weighted by Gasteiger charge is -2.28. The first-order valence-electron chi connectivity index (χ1n) is 5.37. The lowest BCUT2D eigenvalue weighted by molar-refractivity contribution is 0.0708. The van der Waals surface area contributed by atoms with Crippen molar-refractivity contribution in [3.05, 3.63) is 23.7 Å². The molecule has 1 heterocycles. The van der Waals surface area contributed by atoms with Crippen molar-refractivity contribution in [2.24, 2.45) is 11.1 Å². The first-order chi connectivity index (χ1) is 7.37. The molecule has 0 aliphatic rings. The number of carbonyl (C=O) groups excluding carboxylic acids is 1. The molecular formula is C12H21ClN2O2. The molecule has 4 nitrogen and oxygen atoms in total. The summed E-state index contributed by atoms with van der Waals surface area (Å²) in [5.74, 6) is 0.319. The van der Waals surface area contributed by atoms with Crippen molar-refractivity contribution in [1.82, 2.24) is 4.90 Å². The highest BCUT2D eigenvalue weighted by atomic mass is 35.5. The Balaban J connectivity index is 0.00000256. The normalized spacial score (nSPS) is 10.9. The van der Waals surface area contributed by atoms with Crippen molar-refractivity contribution in [3.63, 3.8) is 0 Å². The van der Waals surface area contributed by atoms with Gasteiger partial charge in [0.25, 0.3) is 5.91 Å². The zero-order valence-corrected chi connectivity index (χ0v) is 11.6. The summed E-state index contributed by atoms with van der Waals surface area (Å²) in [5, 5.41) is 0. The second kappa shape index (κ2) is 6.07. The number of carbonyl (C=O) groups is 1. The van der Waals surface area contributed by atoms with Gasteiger partial charge in [0.05, 0.1) is 6.26 Å². The Morgan fingerprint density at radius 3 is 2.53 bits per heavy atom. The number of furan rings is 1. The monoisotopic (exact) mass is 260 g/mol. The SMILES string of the molecule is Cc1ccoc1C(=O)N(C)CC(C)(C)CN.Cl. The Morgan fingerprint density at radius 1 is 1.53 bits per heavy atom. The predicted octanol–water partition coefficient (Wildman–Crippen LogP) is 2.07. The Hall–Kier alpha value is -1.00. The van der Waals surface area contributed by atoms with Crippen molar-refractivity contribution in [2.75, 3.05) is 20.1 Å². The summed E-state index contributed by atoms with van der Waals surface area (Å²) in [5.41, 5.74) is 6.43. The molecule has 0 bridgehead atoms. The fourth-order valence-corrected chi connectivity index (χ4v) is 1.54. The van der Waals surface area contributed by atoms with Crippen LogP contribution < -0.4 is 5.73 Å². The molecule has 0 aliphatic heterocycles. The standard InChI is InChI=1S/C12H20N2O2.ClH/c1-9-5-6-16-10(9)11(15)14(4)8-12(2,3)7-13;/h5-6H,7-8,13H2,1-4H3;1H. The van der Waals surface area contributed by atoms with E-state index >= 15 is 0 Å². The number of hydrogen-bond donors (Lipinski definition) is 1. The maximum atomic E-state index is 12.0. The smallest absolute Gasteiger partial charge is 0.289 e. The molecule has 2 N–H and O–H groups in total. The van der Waals surface area contributed by atoms with E-state index in [0.717, 1.165) is 5.56 Å². The molecule has 1 aromatic rings. The number of nitrogens with two attached hydrogens (primary N) is 1. The van der Waals surface area contributed by atoms with Crippen LogP contribution in [0.5, 0.6) is 0 Å². The third kappa shape index (κ3) is 4.06. The lowest BCUT2D eigenvalue weighted by atomic mass is 9.93. The number of aryl methyl sites for hydroxylation is 1. The van der Waals surface area contributed by atoms with Crippen LogP contribution in [-0.2, 0) is 0 Å². The van der Waals surface area contributed by atoms with Crippen LogP contribution in [0.4, 0.5) is 0 Å². The maximum Gasteiger partial charge on any atom is 0.289 e. The summed E-state index contributed by atoms with van der Waals surface area (Å²) in [4.78, 5) is 13.7. The Bertz CT molecular complexity index is 374. The second-order valence-electron chi connectivity index (χ2n) is 4.96. The first-order valence-corrected chi connectivity index (χ1v) is 5.37. The van der Waals surface area contributed by atoms with Gasteiger partial charge in [0, 0.05) is 19.2 Å². The van der Waals surface area contributed by atoms with Crippen LogP contribution in [0.25, 0.3) is 0 Å². The van der Waals surface area contributed by atoms with E-state index in [9.17, 15) is 4.79 Å². The molecule has 5 heteroatoms. The fraction of sp³-hybridized carbons (Fsp3) is 0.583. The third-order valence-corrected chi connectivity index (χ3v) is 2.62. The molecule has 0 saturated carbocycles. The molecule has 17 heavy (non-hydrogen) atoms. The molecule has 0 unspecified atom stereocenters. The average Bonchev–Trinajstić information content (AvgIpc) is 2.62. The zero-order valence-electron chi connectivity index (χ0n) is 10.8. The topological polar surface area (TPSA) is 59.5 Å². The van der Waals surface area contributed by atoms with Crippen LogP contribution in [0.2, 0.25) is 0 Å². The van der Waals surface area contributed by atoms with E-state index in [1.807, 2.05) is 20.8 Å². The van der Waals surface area contributed by atoms with Crippen molar-refractivity contribution in [2.45, 2.75) is 20.8 Å². The number of rotatable bonds is 4. The molecule has 0 aromatic carbocycles. The van der Waals surface area contributed by atoms with Gasteiger partial charge in [-0.3, -0.25) is 4.79 Å². The van der Waals surface area contributed by atoms with E-state index in [-0.39, 0.29) is 23.7 Å². The minimum atomic E-state index is -0.0935. The highest BCUT2D eigenvalue weighted by Gasteiger charge is 2.24.